The molecule has 2 aromatic rings. The standard InChI is InChI=1S/C12H16ClN3O2S/c1-9(2)8-15(3)19(17,18)12-11(13)14-10-6-4-5-7-16(10)12/h4-7,9H,8H2,1-3H3. The molecule has 5 nitrogen and oxygen atoms in total. The molecule has 0 saturated heterocycles. The van der Waals surface area contributed by atoms with Crippen molar-refractivity contribution in [1.29, 1.82) is 0 Å². The van der Waals surface area contributed by atoms with Gasteiger partial charge in [-0.1, -0.05) is 31.5 Å². The predicted octanol–water partition coefficient (Wildman–Crippen LogP) is 2.26. The molecule has 0 spiro atoms. The number of nitrogens with zero attached hydrogens (tertiary/aromatic N) is 3. The molecule has 104 valence electrons. The molecule has 0 radical (unpaired) electrons. The van der Waals surface area contributed by atoms with Crippen LogP contribution in [0.1, 0.15) is 13.8 Å². The lowest BCUT2D eigenvalue weighted by Crippen LogP contribution is -2.31. The normalized spacial score (nSPS) is 12.7. The van der Waals surface area contributed by atoms with Crippen molar-refractivity contribution < 1.29 is 8.42 Å². The predicted molar refractivity (Wildman–Crippen MR) is 74.9 cm³/mol. The van der Waals surface area contributed by atoms with Gasteiger partial charge in [0.1, 0.15) is 5.65 Å². The Morgan fingerprint density at radius 1 is 1.42 bits per heavy atom. The maximum atomic E-state index is 12.5. The summed E-state index contributed by atoms with van der Waals surface area (Å²) in [6, 6.07) is 5.24. The molecule has 0 amide bonds. The summed E-state index contributed by atoms with van der Waals surface area (Å²) in [5.74, 6) is 0.234. The largest absolute Gasteiger partial charge is 0.288 e. The summed E-state index contributed by atoms with van der Waals surface area (Å²) < 4.78 is 27.9. The molecule has 7 heteroatoms. The van der Waals surface area contributed by atoms with Gasteiger partial charge < -0.3 is 0 Å². The molecule has 0 atom stereocenters. The Morgan fingerprint density at radius 3 is 2.74 bits per heavy atom. The van der Waals surface area contributed by atoms with Crippen molar-refractivity contribution in [3.05, 3.63) is 29.5 Å². The first kappa shape index (κ1) is 14.3. The Labute approximate surface area is 117 Å². The first-order valence-corrected chi connectivity index (χ1v) is 7.74. The van der Waals surface area contributed by atoms with Crippen molar-refractivity contribution in [3.8, 4) is 0 Å². The van der Waals surface area contributed by atoms with Crippen LogP contribution in [-0.2, 0) is 10.0 Å². The Kier molecular flexibility index (Phi) is 3.85. The van der Waals surface area contributed by atoms with Gasteiger partial charge in [-0.2, -0.15) is 4.31 Å². The van der Waals surface area contributed by atoms with Crippen LogP contribution in [0, 0.1) is 5.92 Å². The fourth-order valence-corrected chi connectivity index (χ4v) is 3.86. The summed E-state index contributed by atoms with van der Waals surface area (Å²) in [7, 11) is -2.10. The van der Waals surface area contributed by atoms with E-state index in [1.807, 2.05) is 13.8 Å². The van der Waals surface area contributed by atoms with Gasteiger partial charge in [0.05, 0.1) is 0 Å². The minimum atomic E-state index is -3.65. The molecule has 19 heavy (non-hydrogen) atoms. The number of sulfonamides is 1. The van der Waals surface area contributed by atoms with Gasteiger partial charge in [-0.25, -0.2) is 13.4 Å². The smallest absolute Gasteiger partial charge is 0.262 e. The third-order valence-corrected chi connectivity index (χ3v) is 4.95. The summed E-state index contributed by atoms with van der Waals surface area (Å²) in [5.41, 5.74) is 0.518. The van der Waals surface area contributed by atoms with Crippen molar-refractivity contribution in [2.75, 3.05) is 13.6 Å². The maximum Gasteiger partial charge on any atom is 0.262 e. The van der Waals surface area contributed by atoms with E-state index in [2.05, 4.69) is 4.98 Å². The molecule has 2 aromatic heterocycles. The second kappa shape index (κ2) is 5.11. The summed E-state index contributed by atoms with van der Waals surface area (Å²) in [6.45, 7) is 4.35. The van der Waals surface area contributed by atoms with E-state index in [4.69, 9.17) is 11.6 Å². The van der Waals surface area contributed by atoms with E-state index in [0.29, 0.717) is 12.2 Å². The van der Waals surface area contributed by atoms with Crippen molar-refractivity contribution in [1.82, 2.24) is 13.7 Å². The van der Waals surface area contributed by atoms with Gasteiger partial charge in [-0.3, -0.25) is 4.40 Å². The van der Waals surface area contributed by atoms with Crippen LogP contribution < -0.4 is 0 Å². The topological polar surface area (TPSA) is 54.7 Å². The van der Waals surface area contributed by atoms with Gasteiger partial charge in [-0.15, -0.1) is 0 Å². The molecule has 0 unspecified atom stereocenters. The van der Waals surface area contributed by atoms with Crippen molar-refractivity contribution >= 4 is 27.3 Å². The second-order valence-electron chi connectivity index (χ2n) is 4.82. The summed E-state index contributed by atoms with van der Waals surface area (Å²) in [6.07, 6.45) is 1.64. The number of aromatic nitrogens is 2. The van der Waals surface area contributed by atoms with E-state index in [1.54, 1.807) is 31.4 Å². The highest BCUT2D eigenvalue weighted by molar-refractivity contribution is 7.89. The Morgan fingerprint density at radius 2 is 2.11 bits per heavy atom. The number of halogens is 1. The average Bonchev–Trinajstić information content (AvgIpc) is 2.64. The monoisotopic (exact) mass is 301 g/mol. The zero-order chi connectivity index (χ0) is 14.2. The third kappa shape index (κ3) is 2.61. The molecule has 0 bridgehead atoms. The summed E-state index contributed by atoms with van der Waals surface area (Å²) >= 11 is 5.99. The molecule has 2 rings (SSSR count). The van der Waals surface area contributed by atoms with Crippen molar-refractivity contribution in [3.63, 3.8) is 0 Å². The zero-order valence-corrected chi connectivity index (χ0v) is 12.6. The number of hydrogen-bond donors (Lipinski definition) is 0. The molecule has 0 aliphatic rings. The number of rotatable bonds is 4. The zero-order valence-electron chi connectivity index (χ0n) is 11.0. The molecule has 0 aliphatic heterocycles. The highest BCUT2D eigenvalue weighted by Gasteiger charge is 2.28. The lowest BCUT2D eigenvalue weighted by atomic mass is 10.2. The second-order valence-corrected chi connectivity index (χ2v) is 7.13. The molecular formula is C12H16ClN3O2S. The van der Waals surface area contributed by atoms with Crippen LogP contribution in [0.5, 0.6) is 0 Å². The van der Waals surface area contributed by atoms with E-state index in [1.165, 1.54) is 8.71 Å². The van der Waals surface area contributed by atoms with Crippen molar-refractivity contribution in [2.24, 2.45) is 5.92 Å². The highest BCUT2D eigenvalue weighted by Crippen LogP contribution is 2.25. The average molecular weight is 302 g/mol. The molecular weight excluding hydrogens is 286 g/mol. The quantitative estimate of drug-likeness (QED) is 0.870. The number of fused-ring (bicyclic) bond motifs is 1. The highest BCUT2D eigenvalue weighted by atomic mass is 35.5. The van der Waals surface area contributed by atoms with E-state index < -0.39 is 10.0 Å². The summed E-state index contributed by atoms with van der Waals surface area (Å²) in [5, 5.41) is 0.0229. The first-order chi connectivity index (χ1) is 8.84. The maximum absolute atomic E-state index is 12.5. The van der Waals surface area contributed by atoms with Crippen molar-refractivity contribution in [2.45, 2.75) is 18.9 Å². The van der Waals surface area contributed by atoms with E-state index >= 15 is 0 Å². The lowest BCUT2D eigenvalue weighted by Gasteiger charge is -2.18. The van der Waals surface area contributed by atoms with Crippen LogP contribution in [0.25, 0.3) is 5.65 Å². The van der Waals surface area contributed by atoms with Gasteiger partial charge in [0.25, 0.3) is 10.0 Å². The van der Waals surface area contributed by atoms with Gasteiger partial charge in [-0.05, 0) is 18.1 Å². The fraction of sp³-hybridized carbons (Fsp3) is 0.417. The van der Waals surface area contributed by atoms with Crippen LogP contribution in [0.15, 0.2) is 29.4 Å². The molecule has 2 heterocycles. The lowest BCUT2D eigenvalue weighted by molar-refractivity contribution is 0.415. The molecule has 0 fully saturated rings. The third-order valence-electron chi connectivity index (χ3n) is 2.72. The van der Waals surface area contributed by atoms with Gasteiger partial charge >= 0.3 is 0 Å². The van der Waals surface area contributed by atoms with Crippen LogP contribution in [0.2, 0.25) is 5.15 Å². The Bertz CT molecular complexity index is 694. The van der Waals surface area contributed by atoms with Gasteiger partial charge in [0, 0.05) is 19.8 Å². The summed E-state index contributed by atoms with van der Waals surface area (Å²) in [4.78, 5) is 4.06. The molecule has 0 N–H and O–H groups in total. The van der Waals surface area contributed by atoms with Crippen LogP contribution in [0.3, 0.4) is 0 Å². The minimum Gasteiger partial charge on any atom is -0.288 e. The molecule has 0 saturated carbocycles. The SMILES string of the molecule is CC(C)CN(C)S(=O)(=O)c1c(Cl)nc2ccccn12. The molecule has 0 aliphatic carbocycles. The van der Waals surface area contributed by atoms with Gasteiger partial charge in [0.2, 0.25) is 0 Å². The van der Waals surface area contributed by atoms with Gasteiger partial charge in [0.15, 0.2) is 10.2 Å². The Balaban J connectivity index is 2.57. The van der Waals surface area contributed by atoms with Crippen LogP contribution >= 0.6 is 11.6 Å². The van der Waals surface area contributed by atoms with E-state index in [-0.39, 0.29) is 16.1 Å². The number of pyridine rings is 1. The number of hydrogen-bond acceptors (Lipinski definition) is 3. The number of imidazole rings is 1. The van der Waals surface area contributed by atoms with Crippen LogP contribution in [0.4, 0.5) is 0 Å². The molecule has 0 aromatic carbocycles. The Hall–Kier alpha value is -1.11. The van der Waals surface area contributed by atoms with Crippen LogP contribution in [-0.4, -0.2) is 35.7 Å². The van der Waals surface area contributed by atoms with E-state index in [9.17, 15) is 8.42 Å². The minimum absolute atomic E-state index is 0.00167. The van der Waals surface area contributed by atoms with E-state index in [0.717, 1.165) is 0 Å². The first-order valence-electron chi connectivity index (χ1n) is 5.93. The fourth-order valence-electron chi connectivity index (χ4n) is 1.94.